The van der Waals surface area contributed by atoms with E-state index in [1.807, 2.05) is 24.3 Å². The molecule has 4 rings (SSSR count). The average Bonchev–Trinajstić information content (AvgIpc) is 3.00. The van der Waals surface area contributed by atoms with Gasteiger partial charge >= 0.3 is 5.97 Å². The van der Waals surface area contributed by atoms with E-state index in [1.165, 1.54) is 11.3 Å². The lowest BCUT2D eigenvalue weighted by atomic mass is 10.1. The minimum Gasteiger partial charge on any atom is -0.477 e. The molecule has 21 heavy (non-hydrogen) atoms. The number of hydrogen-bond acceptors (Lipinski definition) is 4. The molecule has 2 fully saturated rings. The van der Waals surface area contributed by atoms with Crippen LogP contribution >= 0.6 is 11.3 Å². The van der Waals surface area contributed by atoms with Crippen LogP contribution in [0.1, 0.15) is 28.1 Å². The van der Waals surface area contributed by atoms with Gasteiger partial charge in [0, 0.05) is 24.3 Å². The number of carboxylic acids is 1. The molecular formula is C16H17NO3S. The fraction of sp³-hybridized carbons (Fsp3) is 0.438. The number of aromatic carboxylic acids is 1. The first-order valence-corrected chi connectivity index (χ1v) is 8.14. The van der Waals surface area contributed by atoms with E-state index in [9.17, 15) is 9.90 Å². The molecule has 0 aliphatic carbocycles. The van der Waals surface area contributed by atoms with Crippen LogP contribution in [-0.4, -0.2) is 41.3 Å². The van der Waals surface area contributed by atoms with Gasteiger partial charge in [0.05, 0.1) is 12.2 Å². The summed E-state index contributed by atoms with van der Waals surface area (Å²) in [5, 5.41) is 10.6. The highest BCUT2D eigenvalue weighted by Crippen LogP contribution is 2.34. The van der Waals surface area contributed by atoms with Gasteiger partial charge in [0.1, 0.15) is 4.88 Å². The summed E-state index contributed by atoms with van der Waals surface area (Å²) in [4.78, 5) is 14.4. The molecule has 110 valence electrons. The first-order valence-electron chi connectivity index (χ1n) is 7.32. The molecule has 2 bridgehead atoms. The fourth-order valence-corrected chi connectivity index (χ4v) is 4.53. The molecule has 2 saturated heterocycles. The van der Waals surface area contributed by atoms with Crippen molar-refractivity contribution in [1.82, 2.24) is 4.90 Å². The van der Waals surface area contributed by atoms with E-state index < -0.39 is 5.97 Å². The summed E-state index contributed by atoms with van der Waals surface area (Å²) in [7, 11) is 0. The predicted octanol–water partition coefficient (Wildman–Crippen LogP) is 2.96. The maximum Gasteiger partial charge on any atom is 0.346 e. The molecular weight excluding hydrogens is 286 g/mol. The Hall–Kier alpha value is -1.43. The Morgan fingerprint density at radius 3 is 2.71 bits per heavy atom. The molecule has 1 aromatic heterocycles. The van der Waals surface area contributed by atoms with Crippen LogP contribution in [0.4, 0.5) is 0 Å². The molecule has 0 spiro atoms. The minimum absolute atomic E-state index is 0.335. The summed E-state index contributed by atoms with van der Waals surface area (Å²) in [6.07, 6.45) is 2.94. The third kappa shape index (κ3) is 2.35. The van der Waals surface area contributed by atoms with Crippen LogP contribution in [0.3, 0.4) is 0 Å². The van der Waals surface area contributed by atoms with Gasteiger partial charge in [-0.05, 0) is 29.9 Å². The van der Waals surface area contributed by atoms with Crippen molar-refractivity contribution in [3.05, 3.63) is 34.7 Å². The molecule has 2 aliphatic rings. The summed E-state index contributed by atoms with van der Waals surface area (Å²) in [6.45, 7) is 2.54. The smallest absolute Gasteiger partial charge is 0.346 e. The highest BCUT2D eigenvalue weighted by atomic mass is 32.1. The first-order chi connectivity index (χ1) is 10.2. The molecule has 0 amide bonds. The van der Waals surface area contributed by atoms with Crippen molar-refractivity contribution in [3.8, 4) is 0 Å². The second kappa shape index (κ2) is 5.09. The highest BCUT2D eigenvalue weighted by Gasteiger charge is 2.34. The van der Waals surface area contributed by atoms with E-state index in [1.54, 1.807) is 0 Å². The van der Waals surface area contributed by atoms with Gasteiger partial charge in [0.15, 0.2) is 0 Å². The van der Waals surface area contributed by atoms with Crippen molar-refractivity contribution in [2.45, 2.75) is 31.6 Å². The number of benzene rings is 1. The Labute approximate surface area is 126 Å². The summed E-state index contributed by atoms with van der Waals surface area (Å²) in [5.41, 5.74) is 0.962. The van der Waals surface area contributed by atoms with Gasteiger partial charge in [-0.15, -0.1) is 11.3 Å². The molecule has 5 heteroatoms. The molecule has 2 aromatic rings. The average molecular weight is 303 g/mol. The van der Waals surface area contributed by atoms with Crippen LogP contribution in [0, 0.1) is 0 Å². The SMILES string of the molecule is O=C(O)c1sc2ccccc2c1CN1CC2CCC(C1)O2. The Bertz CT molecular complexity index is 684. The fourth-order valence-electron chi connectivity index (χ4n) is 3.48. The lowest BCUT2D eigenvalue weighted by Gasteiger charge is -2.32. The van der Waals surface area contributed by atoms with E-state index >= 15 is 0 Å². The van der Waals surface area contributed by atoms with Crippen LogP contribution < -0.4 is 0 Å². The third-order valence-corrected chi connectivity index (χ3v) is 5.59. The normalized spacial score (nSPS) is 25.5. The minimum atomic E-state index is -0.817. The second-order valence-corrected chi connectivity index (χ2v) is 6.91. The third-order valence-electron chi connectivity index (χ3n) is 4.39. The number of morpholine rings is 1. The lowest BCUT2D eigenvalue weighted by Crippen LogP contribution is -2.42. The Morgan fingerprint density at radius 2 is 2.00 bits per heavy atom. The van der Waals surface area contributed by atoms with E-state index in [2.05, 4.69) is 4.90 Å². The van der Waals surface area contributed by atoms with Crippen LogP contribution in [0.5, 0.6) is 0 Å². The standard InChI is InChI=1S/C16H17NO3S/c18-16(19)15-13(12-3-1-2-4-14(12)21-15)9-17-7-10-5-6-11(8-17)20-10/h1-4,10-11H,5-9H2,(H,18,19). The number of likely N-dealkylation sites (tertiary alicyclic amines) is 1. The number of carbonyl (C=O) groups is 1. The number of carboxylic acid groups (broad SMARTS) is 1. The molecule has 2 aliphatic heterocycles. The number of thiophene rings is 1. The molecule has 4 nitrogen and oxygen atoms in total. The highest BCUT2D eigenvalue weighted by molar-refractivity contribution is 7.21. The number of nitrogens with zero attached hydrogens (tertiary/aromatic N) is 1. The summed E-state index contributed by atoms with van der Waals surface area (Å²) >= 11 is 1.38. The van der Waals surface area contributed by atoms with Crippen molar-refractivity contribution >= 4 is 27.4 Å². The summed E-state index contributed by atoms with van der Waals surface area (Å²) < 4.78 is 6.91. The first kappa shape index (κ1) is 13.2. The molecule has 2 atom stereocenters. The summed E-state index contributed by atoms with van der Waals surface area (Å²) in [6, 6.07) is 7.97. The van der Waals surface area contributed by atoms with Crippen molar-refractivity contribution in [1.29, 1.82) is 0 Å². The molecule has 3 heterocycles. The lowest BCUT2D eigenvalue weighted by molar-refractivity contribution is -0.0409. The van der Waals surface area contributed by atoms with E-state index in [0.29, 0.717) is 23.6 Å². The molecule has 2 unspecified atom stereocenters. The van der Waals surface area contributed by atoms with Gasteiger partial charge in [-0.2, -0.15) is 0 Å². The van der Waals surface area contributed by atoms with Crippen molar-refractivity contribution in [2.24, 2.45) is 0 Å². The summed E-state index contributed by atoms with van der Waals surface area (Å²) in [5.74, 6) is -0.817. The van der Waals surface area contributed by atoms with E-state index in [-0.39, 0.29) is 0 Å². The zero-order valence-electron chi connectivity index (χ0n) is 11.6. The van der Waals surface area contributed by atoms with E-state index in [4.69, 9.17) is 4.74 Å². The van der Waals surface area contributed by atoms with Crippen LogP contribution in [0.15, 0.2) is 24.3 Å². The zero-order chi connectivity index (χ0) is 14.4. The number of hydrogen-bond donors (Lipinski definition) is 1. The van der Waals surface area contributed by atoms with Crippen molar-refractivity contribution in [3.63, 3.8) is 0 Å². The van der Waals surface area contributed by atoms with Gasteiger partial charge in [-0.1, -0.05) is 18.2 Å². The Kier molecular flexibility index (Phi) is 3.21. The molecule has 0 saturated carbocycles. The maximum atomic E-state index is 11.5. The number of fused-ring (bicyclic) bond motifs is 3. The van der Waals surface area contributed by atoms with Gasteiger partial charge in [-0.25, -0.2) is 4.79 Å². The van der Waals surface area contributed by atoms with Crippen molar-refractivity contribution < 1.29 is 14.6 Å². The number of ether oxygens (including phenoxy) is 1. The quantitative estimate of drug-likeness (QED) is 0.947. The Morgan fingerprint density at radius 1 is 1.29 bits per heavy atom. The van der Waals surface area contributed by atoms with Crippen LogP contribution in [-0.2, 0) is 11.3 Å². The molecule has 0 radical (unpaired) electrons. The maximum absolute atomic E-state index is 11.5. The monoisotopic (exact) mass is 303 g/mol. The van der Waals surface area contributed by atoms with E-state index in [0.717, 1.165) is 41.6 Å². The van der Waals surface area contributed by atoms with Crippen LogP contribution in [0.25, 0.3) is 10.1 Å². The van der Waals surface area contributed by atoms with Crippen molar-refractivity contribution in [2.75, 3.05) is 13.1 Å². The largest absolute Gasteiger partial charge is 0.477 e. The molecule has 1 aromatic carbocycles. The second-order valence-electron chi connectivity index (χ2n) is 5.86. The van der Waals surface area contributed by atoms with Gasteiger partial charge in [-0.3, -0.25) is 4.90 Å². The number of rotatable bonds is 3. The van der Waals surface area contributed by atoms with Gasteiger partial charge in [0.25, 0.3) is 0 Å². The van der Waals surface area contributed by atoms with Crippen LogP contribution in [0.2, 0.25) is 0 Å². The molecule has 1 N–H and O–H groups in total. The van der Waals surface area contributed by atoms with Gasteiger partial charge in [0.2, 0.25) is 0 Å². The predicted molar refractivity (Wildman–Crippen MR) is 82.0 cm³/mol. The topological polar surface area (TPSA) is 49.8 Å². The zero-order valence-corrected chi connectivity index (χ0v) is 12.4. The van der Waals surface area contributed by atoms with Gasteiger partial charge < -0.3 is 9.84 Å². The Balaban J connectivity index is 1.68.